The summed E-state index contributed by atoms with van der Waals surface area (Å²) in [4.78, 5) is 13.9. The summed E-state index contributed by atoms with van der Waals surface area (Å²) in [5.74, 6) is -1.67. The van der Waals surface area contributed by atoms with Gasteiger partial charge in [-0.05, 0) is 25.0 Å². The van der Waals surface area contributed by atoms with Crippen molar-refractivity contribution in [2.24, 2.45) is 0 Å². The molecule has 1 amide bonds. The molecule has 98 valence electrons. The van der Waals surface area contributed by atoms with Crippen molar-refractivity contribution in [1.82, 2.24) is 4.90 Å². The minimum atomic E-state index is -0.703. The number of rotatable bonds is 1. The second-order valence-electron chi connectivity index (χ2n) is 4.72. The van der Waals surface area contributed by atoms with Gasteiger partial charge in [-0.1, -0.05) is 19.3 Å². The zero-order valence-electron chi connectivity index (χ0n) is 10.3. The van der Waals surface area contributed by atoms with Crippen LogP contribution >= 0.6 is 0 Å². The summed E-state index contributed by atoms with van der Waals surface area (Å²) in [5, 5.41) is 0. The van der Waals surface area contributed by atoms with Crippen molar-refractivity contribution in [2.75, 3.05) is 13.1 Å². The van der Waals surface area contributed by atoms with Gasteiger partial charge >= 0.3 is 0 Å². The molecule has 1 fully saturated rings. The molecule has 1 heterocycles. The maximum atomic E-state index is 13.1. The first-order valence-corrected chi connectivity index (χ1v) is 6.42. The average Bonchev–Trinajstić information content (AvgIpc) is 2.26. The Labute approximate surface area is 106 Å². The van der Waals surface area contributed by atoms with Crippen molar-refractivity contribution >= 4 is 5.91 Å². The third kappa shape index (κ3) is 3.28. The van der Waals surface area contributed by atoms with Crippen molar-refractivity contribution in [2.45, 2.75) is 32.1 Å². The topological polar surface area (TPSA) is 20.3 Å². The predicted molar refractivity (Wildman–Crippen MR) is 65.3 cm³/mol. The van der Waals surface area contributed by atoms with Crippen LogP contribution in [0.5, 0.6) is 0 Å². The van der Waals surface area contributed by atoms with Gasteiger partial charge in [-0.15, -0.1) is 0 Å². The molecule has 0 saturated carbocycles. The number of carbonyl (C=O) groups excluding carboxylic acids is 1. The molecule has 4 heteroatoms. The highest BCUT2D eigenvalue weighted by atomic mass is 19.1. The number of hydrogen-bond donors (Lipinski definition) is 0. The first-order valence-electron chi connectivity index (χ1n) is 6.42. The molecular weight excluding hydrogens is 236 g/mol. The lowest BCUT2D eigenvalue weighted by atomic mass is 10.1. The zero-order chi connectivity index (χ0) is 13.0. The number of benzene rings is 1. The molecular formula is C14H17F2NO. The monoisotopic (exact) mass is 253 g/mol. The van der Waals surface area contributed by atoms with Crippen molar-refractivity contribution in [3.63, 3.8) is 0 Å². The van der Waals surface area contributed by atoms with E-state index < -0.39 is 11.6 Å². The van der Waals surface area contributed by atoms with Crippen LogP contribution in [0.15, 0.2) is 18.2 Å². The zero-order valence-corrected chi connectivity index (χ0v) is 10.3. The van der Waals surface area contributed by atoms with E-state index in [2.05, 4.69) is 0 Å². The second-order valence-corrected chi connectivity index (χ2v) is 4.72. The lowest BCUT2D eigenvalue weighted by Gasteiger charge is -2.24. The highest BCUT2D eigenvalue weighted by molar-refractivity contribution is 5.94. The van der Waals surface area contributed by atoms with Gasteiger partial charge in [0.15, 0.2) is 0 Å². The molecule has 2 nitrogen and oxygen atoms in total. The Kier molecular flexibility index (Phi) is 4.28. The number of halogens is 2. The molecule has 0 atom stereocenters. The van der Waals surface area contributed by atoms with E-state index in [1.165, 1.54) is 6.42 Å². The summed E-state index contributed by atoms with van der Waals surface area (Å²) < 4.78 is 26.2. The molecule has 0 aromatic heterocycles. The van der Waals surface area contributed by atoms with E-state index >= 15 is 0 Å². The Balaban J connectivity index is 2.13. The molecule has 1 aliphatic rings. The van der Waals surface area contributed by atoms with E-state index in [1.807, 2.05) is 0 Å². The summed E-state index contributed by atoms with van der Waals surface area (Å²) in [6, 6.07) is 2.98. The van der Waals surface area contributed by atoms with Gasteiger partial charge in [0.1, 0.15) is 11.6 Å². The van der Waals surface area contributed by atoms with Crippen LogP contribution in [-0.4, -0.2) is 23.9 Å². The molecule has 0 unspecified atom stereocenters. The van der Waals surface area contributed by atoms with Crippen molar-refractivity contribution in [3.8, 4) is 0 Å². The third-order valence-electron chi connectivity index (χ3n) is 3.25. The molecule has 0 spiro atoms. The van der Waals surface area contributed by atoms with Gasteiger partial charge in [0.2, 0.25) is 0 Å². The van der Waals surface area contributed by atoms with Gasteiger partial charge in [0.25, 0.3) is 5.91 Å². The summed E-state index contributed by atoms with van der Waals surface area (Å²) >= 11 is 0. The fourth-order valence-corrected chi connectivity index (χ4v) is 2.31. The van der Waals surface area contributed by atoms with E-state index in [4.69, 9.17) is 0 Å². The van der Waals surface area contributed by atoms with Crippen LogP contribution in [0.2, 0.25) is 0 Å². The second kappa shape index (κ2) is 5.94. The summed E-state index contributed by atoms with van der Waals surface area (Å²) in [7, 11) is 0. The molecule has 1 aromatic rings. The SMILES string of the molecule is O=C(c1cc(F)cc(F)c1)N1CCCCCCC1. The van der Waals surface area contributed by atoms with E-state index in [9.17, 15) is 13.6 Å². The van der Waals surface area contributed by atoms with Crippen LogP contribution in [0, 0.1) is 11.6 Å². The molecule has 0 N–H and O–H groups in total. The fourth-order valence-electron chi connectivity index (χ4n) is 2.31. The van der Waals surface area contributed by atoms with E-state index in [1.54, 1.807) is 4.90 Å². The number of hydrogen-bond acceptors (Lipinski definition) is 1. The fraction of sp³-hybridized carbons (Fsp3) is 0.500. The van der Waals surface area contributed by atoms with Gasteiger partial charge in [0, 0.05) is 24.7 Å². The van der Waals surface area contributed by atoms with E-state index in [0.717, 1.165) is 43.9 Å². The van der Waals surface area contributed by atoms with Crippen molar-refractivity contribution < 1.29 is 13.6 Å². The van der Waals surface area contributed by atoms with Gasteiger partial charge in [-0.2, -0.15) is 0 Å². The minimum Gasteiger partial charge on any atom is -0.339 e. The summed E-state index contributed by atoms with van der Waals surface area (Å²) in [5.41, 5.74) is 0.105. The standard InChI is InChI=1S/C14H17F2NO/c15-12-8-11(9-13(16)10-12)14(18)17-6-4-2-1-3-5-7-17/h8-10H,1-7H2. The Morgan fingerprint density at radius 2 is 1.39 bits per heavy atom. The maximum absolute atomic E-state index is 13.1. The Bertz CT molecular complexity index is 406. The van der Waals surface area contributed by atoms with E-state index in [-0.39, 0.29) is 11.5 Å². The normalized spacial score (nSPS) is 17.1. The van der Waals surface area contributed by atoms with Gasteiger partial charge in [-0.25, -0.2) is 8.78 Å². The van der Waals surface area contributed by atoms with Gasteiger partial charge < -0.3 is 4.90 Å². The largest absolute Gasteiger partial charge is 0.339 e. The molecule has 2 rings (SSSR count). The van der Waals surface area contributed by atoms with Crippen LogP contribution in [0.1, 0.15) is 42.5 Å². The third-order valence-corrected chi connectivity index (χ3v) is 3.25. The summed E-state index contributed by atoms with van der Waals surface area (Å²) in [6.45, 7) is 1.36. The molecule has 1 saturated heterocycles. The predicted octanol–water partition coefficient (Wildman–Crippen LogP) is 3.37. The molecule has 1 aliphatic heterocycles. The van der Waals surface area contributed by atoms with Crippen LogP contribution in [0.25, 0.3) is 0 Å². The highest BCUT2D eigenvalue weighted by Gasteiger charge is 2.17. The lowest BCUT2D eigenvalue weighted by Crippen LogP contribution is -2.33. The van der Waals surface area contributed by atoms with Crippen molar-refractivity contribution in [1.29, 1.82) is 0 Å². The van der Waals surface area contributed by atoms with Crippen LogP contribution in [-0.2, 0) is 0 Å². The minimum absolute atomic E-state index is 0.105. The first kappa shape index (κ1) is 13.0. The smallest absolute Gasteiger partial charge is 0.254 e. The molecule has 0 radical (unpaired) electrons. The van der Waals surface area contributed by atoms with Crippen molar-refractivity contribution in [3.05, 3.63) is 35.4 Å². The number of nitrogens with zero attached hydrogens (tertiary/aromatic N) is 1. The van der Waals surface area contributed by atoms with Gasteiger partial charge in [0.05, 0.1) is 0 Å². The molecule has 18 heavy (non-hydrogen) atoms. The van der Waals surface area contributed by atoms with E-state index in [0.29, 0.717) is 13.1 Å². The number of likely N-dealkylation sites (tertiary alicyclic amines) is 1. The quantitative estimate of drug-likeness (QED) is 0.751. The van der Waals surface area contributed by atoms with Crippen LogP contribution in [0.4, 0.5) is 8.78 Å². The molecule has 0 bridgehead atoms. The van der Waals surface area contributed by atoms with Gasteiger partial charge in [-0.3, -0.25) is 4.79 Å². The Morgan fingerprint density at radius 3 is 1.94 bits per heavy atom. The maximum Gasteiger partial charge on any atom is 0.254 e. The first-order chi connectivity index (χ1) is 8.66. The summed E-state index contributed by atoms with van der Waals surface area (Å²) in [6.07, 6.45) is 5.35. The average molecular weight is 253 g/mol. The number of amides is 1. The Hall–Kier alpha value is -1.45. The highest BCUT2D eigenvalue weighted by Crippen LogP contribution is 2.15. The lowest BCUT2D eigenvalue weighted by molar-refractivity contribution is 0.0741. The van der Waals surface area contributed by atoms with Crippen LogP contribution in [0.3, 0.4) is 0 Å². The number of carbonyl (C=O) groups is 1. The Morgan fingerprint density at radius 1 is 0.889 bits per heavy atom. The molecule has 1 aromatic carbocycles. The van der Waals surface area contributed by atoms with Crippen LogP contribution < -0.4 is 0 Å². The molecule has 0 aliphatic carbocycles.